The number of likely N-dealkylation sites (tertiary alicyclic amines) is 1. The third kappa shape index (κ3) is 3.37. The van der Waals surface area contributed by atoms with E-state index in [1.54, 1.807) is 0 Å². The third-order valence-corrected chi connectivity index (χ3v) is 6.46. The number of carbonyl (C=O) groups excluding carboxylic acids is 2. The molecule has 3 aliphatic rings. The Hall–Kier alpha value is -1.88. The van der Waals surface area contributed by atoms with Gasteiger partial charge in [0, 0.05) is 37.5 Å². The van der Waals surface area contributed by atoms with E-state index in [9.17, 15) is 9.59 Å². The highest BCUT2D eigenvalue weighted by Gasteiger charge is 2.52. The molecule has 140 valence electrons. The summed E-state index contributed by atoms with van der Waals surface area (Å²) < 4.78 is 5.39. The van der Waals surface area contributed by atoms with Crippen molar-refractivity contribution >= 4 is 11.8 Å². The SMILES string of the molecule is O=C(Cc1ccccc1)N1CC[C@@]2(CCC[C@H]2C(=O)N2CCOCC2)C1. The summed E-state index contributed by atoms with van der Waals surface area (Å²) in [6.45, 7) is 4.25. The van der Waals surface area contributed by atoms with Gasteiger partial charge in [0.2, 0.25) is 11.8 Å². The molecule has 1 aromatic carbocycles. The first kappa shape index (κ1) is 17.5. The summed E-state index contributed by atoms with van der Waals surface area (Å²) >= 11 is 0. The highest BCUT2D eigenvalue weighted by Crippen LogP contribution is 2.50. The number of ether oxygens (including phenoxy) is 1. The molecule has 1 spiro atoms. The molecule has 1 aliphatic carbocycles. The average Bonchev–Trinajstić information content (AvgIpc) is 3.30. The van der Waals surface area contributed by atoms with E-state index in [0.717, 1.165) is 44.3 Å². The number of benzene rings is 1. The van der Waals surface area contributed by atoms with E-state index < -0.39 is 0 Å². The minimum absolute atomic E-state index is 0.00172. The number of hydrogen-bond donors (Lipinski definition) is 0. The van der Waals surface area contributed by atoms with Crippen molar-refractivity contribution in [1.29, 1.82) is 0 Å². The standard InChI is InChI=1S/C21H28N2O3/c24-19(15-17-5-2-1-3-6-17)23-10-9-21(16-23)8-4-7-18(21)20(25)22-11-13-26-14-12-22/h1-3,5-6,18H,4,7-16H2/t18-,21-/m0/s1. The van der Waals surface area contributed by atoms with E-state index >= 15 is 0 Å². The van der Waals surface area contributed by atoms with Crippen LogP contribution in [0.15, 0.2) is 30.3 Å². The lowest BCUT2D eigenvalue weighted by Gasteiger charge is -2.36. The number of rotatable bonds is 3. The molecule has 1 aromatic rings. The molecule has 2 heterocycles. The van der Waals surface area contributed by atoms with Gasteiger partial charge in [-0.1, -0.05) is 36.8 Å². The fourth-order valence-electron chi connectivity index (χ4n) is 5.01. The van der Waals surface area contributed by atoms with Crippen molar-refractivity contribution in [3.63, 3.8) is 0 Å². The van der Waals surface area contributed by atoms with Crippen LogP contribution < -0.4 is 0 Å². The van der Waals surface area contributed by atoms with Crippen molar-refractivity contribution < 1.29 is 14.3 Å². The van der Waals surface area contributed by atoms with Crippen LogP contribution in [0.5, 0.6) is 0 Å². The zero-order valence-corrected chi connectivity index (χ0v) is 15.4. The molecule has 0 bridgehead atoms. The van der Waals surface area contributed by atoms with Crippen LogP contribution in [-0.4, -0.2) is 61.0 Å². The Kier molecular flexibility index (Phi) is 4.98. The molecule has 1 saturated carbocycles. The summed E-state index contributed by atoms with van der Waals surface area (Å²) in [7, 11) is 0. The van der Waals surface area contributed by atoms with Gasteiger partial charge in [-0.15, -0.1) is 0 Å². The van der Waals surface area contributed by atoms with E-state index in [1.165, 1.54) is 0 Å². The maximum atomic E-state index is 13.1. The summed E-state index contributed by atoms with van der Waals surface area (Å²) in [4.78, 5) is 29.8. The van der Waals surface area contributed by atoms with Gasteiger partial charge in [0.15, 0.2) is 0 Å². The number of amides is 2. The number of carbonyl (C=O) groups is 2. The highest BCUT2D eigenvalue weighted by atomic mass is 16.5. The molecule has 0 unspecified atom stereocenters. The molecule has 2 aliphatic heterocycles. The molecule has 2 amide bonds. The van der Waals surface area contributed by atoms with Gasteiger partial charge in [0.1, 0.15) is 0 Å². The Balaban J connectivity index is 1.42. The van der Waals surface area contributed by atoms with Crippen LogP contribution >= 0.6 is 0 Å². The maximum Gasteiger partial charge on any atom is 0.227 e. The van der Waals surface area contributed by atoms with Gasteiger partial charge in [-0.3, -0.25) is 9.59 Å². The van der Waals surface area contributed by atoms with E-state index in [0.29, 0.717) is 38.6 Å². The molecule has 0 N–H and O–H groups in total. The number of nitrogens with zero attached hydrogens (tertiary/aromatic N) is 2. The molecule has 0 radical (unpaired) electrons. The Morgan fingerprint density at radius 3 is 2.58 bits per heavy atom. The van der Waals surface area contributed by atoms with Gasteiger partial charge >= 0.3 is 0 Å². The second-order valence-corrected chi connectivity index (χ2v) is 7.97. The van der Waals surface area contributed by atoms with Gasteiger partial charge in [0.25, 0.3) is 0 Å². The lowest BCUT2D eigenvalue weighted by Crippen LogP contribution is -2.47. The van der Waals surface area contributed by atoms with E-state index in [1.807, 2.05) is 40.1 Å². The van der Waals surface area contributed by atoms with E-state index in [-0.39, 0.29) is 17.2 Å². The van der Waals surface area contributed by atoms with Crippen LogP contribution in [0.1, 0.15) is 31.2 Å². The first-order valence-corrected chi connectivity index (χ1v) is 9.86. The van der Waals surface area contributed by atoms with Gasteiger partial charge in [-0.25, -0.2) is 0 Å². The topological polar surface area (TPSA) is 49.9 Å². The van der Waals surface area contributed by atoms with Gasteiger partial charge in [0.05, 0.1) is 19.6 Å². The molecular formula is C21H28N2O3. The summed E-state index contributed by atoms with van der Waals surface area (Å²) in [6.07, 6.45) is 4.56. The Labute approximate surface area is 155 Å². The number of morpholine rings is 1. The first-order valence-electron chi connectivity index (χ1n) is 9.86. The van der Waals surface area contributed by atoms with Gasteiger partial charge in [-0.05, 0) is 24.8 Å². The van der Waals surface area contributed by atoms with Crippen LogP contribution in [0.2, 0.25) is 0 Å². The van der Waals surface area contributed by atoms with Crippen LogP contribution in [-0.2, 0) is 20.7 Å². The summed E-state index contributed by atoms with van der Waals surface area (Å²) in [5.41, 5.74) is 1.06. The average molecular weight is 356 g/mol. The van der Waals surface area contributed by atoms with E-state index in [4.69, 9.17) is 4.74 Å². The van der Waals surface area contributed by atoms with Crippen molar-refractivity contribution in [3.8, 4) is 0 Å². The molecule has 4 rings (SSSR count). The van der Waals surface area contributed by atoms with Crippen LogP contribution in [0.4, 0.5) is 0 Å². The second-order valence-electron chi connectivity index (χ2n) is 7.97. The Morgan fingerprint density at radius 1 is 1.04 bits per heavy atom. The fraction of sp³-hybridized carbons (Fsp3) is 0.619. The zero-order chi connectivity index (χ0) is 18.0. The van der Waals surface area contributed by atoms with Crippen molar-refractivity contribution in [2.24, 2.45) is 11.3 Å². The largest absolute Gasteiger partial charge is 0.378 e. The second kappa shape index (κ2) is 7.39. The Morgan fingerprint density at radius 2 is 1.81 bits per heavy atom. The molecule has 0 aromatic heterocycles. The molecule has 2 saturated heterocycles. The quantitative estimate of drug-likeness (QED) is 0.833. The Bertz CT molecular complexity index is 656. The van der Waals surface area contributed by atoms with Crippen molar-refractivity contribution in [1.82, 2.24) is 9.80 Å². The fourth-order valence-corrected chi connectivity index (χ4v) is 5.01. The lowest BCUT2D eigenvalue weighted by molar-refractivity contribution is -0.143. The van der Waals surface area contributed by atoms with Crippen LogP contribution in [0.25, 0.3) is 0 Å². The monoisotopic (exact) mass is 356 g/mol. The summed E-state index contributed by atoms with van der Waals surface area (Å²) in [6, 6.07) is 9.93. The number of hydrogen-bond acceptors (Lipinski definition) is 3. The summed E-state index contributed by atoms with van der Waals surface area (Å²) in [5.74, 6) is 0.566. The van der Waals surface area contributed by atoms with E-state index in [2.05, 4.69) is 0 Å². The minimum Gasteiger partial charge on any atom is -0.378 e. The van der Waals surface area contributed by atoms with Crippen LogP contribution in [0, 0.1) is 11.3 Å². The predicted molar refractivity (Wildman–Crippen MR) is 98.5 cm³/mol. The summed E-state index contributed by atoms with van der Waals surface area (Å²) in [5, 5.41) is 0. The van der Waals surface area contributed by atoms with Gasteiger partial charge < -0.3 is 14.5 Å². The molecular weight excluding hydrogens is 328 g/mol. The van der Waals surface area contributed by atoms with Crippen molar-refractivity contribution in [3.05, 3.63) is 35.9 Å². The smallest absolute Gasteiger partial charge is 0.227 e. The van der Waals surface area contributed by atoms with Gasteiger partial charge in [-0.2, -0.15) is 0 Å². The molecule has 3 fully saturated rings. The normalized spacial score (nSPS) is 28.7. The van der Waals surface area contributed by atoms with Crippen LogP contribution in [0.3, 0.4) is 0 Å². The predicted octanol–water partition coefficient (Wildman–Crippen LogP) is 2.11. The lowest BCUT2D eigenvalue weighted by atomic mass is 9.76. The molecule has 5 nitrogen and oxygen atoms in total. The van der Waals surface area contributed by atoms with Crippen molar-refractivity contribution in [2.45, 2.75) is 32.1 Å². The molecule has 26 heavy (non-hydrogen) atoms. The third-order valence-electron chi connectivity index (χ3n) is 6.46. The minimum atomic E-state index is 0.00172. The maximum absolute atomic E-state index is 13.1. The molecule has 2 atom stereocenters. The van der Waals surface area contributed by atoms with Crippen molar-refractivity contribution in [2.75, 3.05) is 39.4 Å². The zero-order valence-electron chi connectivity index (χ0n) is 15.4. The molecule has 5 heteroatoms. The highest BCUT2D eigenvalue weighted by molar-refractivity contribution is 5.82. The first-order chi connectivity index (χ1) is 12.7.